The second kappa shape index (κ2) is 6.81. The van der Waals surface area contributed by atoms with Crippen LogP contribution in [0.15, 0.2) is 24.3 Å². The van der Waals surface area contributed by atoms with E-state index in [1.54, 1.807) is 12.1 Å². The third-order valence-corrected chi connectivity index (χ3v) is 4.27. The molecule has 2 N–H and O–H groups in total. The van der Waals surface area contributed by atoms with Crippen LogP contribution in [0.2, 0.25) is 0 Å². The van der Waals surface area contributed by atoms with Crippen molar-refractivity contribution in [3.05, 3.63) is 39.9 Å². The molecule has 1 aromatic rings. The van der Waals surface area contributed by atoms with Gasteiger partial charge in [-0.3, -0.25) is 15.0 Å². The molecule has 5 nitrogen and oxygen atoms in total. The van der Waals surface area contributed by atoms with E-state index in [0.29, 0.717) is 18.6 Å². The Hall–Kier alpha value is -1.46. The van der Waals surface area contributed by atoms with E-state index in [1.165, 1.54) is 19.3 Å². The van der Waals surface area contributed by atoms with Crippen molar-refractivity contribution in [3.63, 3.8) is 0 Å². The number of benzene rings is 1. The van der Waals surface area contributed by atoms with Crippen LogP contribution in [-0.2, 0) is 6.42 Å². The fourth-order valence-corrected chi connectivity index (χ4v) is 3.04. The highest BCUT2D eigenvalue weighted by Gasteiger charge is 2.26. The first-order chi connectivity index (χ1) is 9.61. The number of nitro benzene ring substituents is 1. The average molecular weight is 277 g/mol. The monoisotopic (exact) mass is 277 g/mol. The van der Waals surface area contributed by atoms with Crippen molar-refractivity contribution in [2.24, 2.45) is 5.73 Å². The molecule has 0 aromatic heterocycles. The van der Waals surface area contributed by atoms with Gasteiger partial charge in [0.05, 0.1) is 4.92 Å². The molecule has 2 atom stereocenters. The van der Waals surface area contributed by atoms with Crippen LogP contribution in [-0.4, -0.2) is 35.0 Å². The standard InChI is InChI=1S/C15H23N3O2/c1-12-3-2-4-15(11-16)17(12)10-9-13-5-7-14(8-6-13)18(19)20/h5-8,12,15H,2-4,9-11,16H2,1H3. The van der Waals surface area contributed by atoms with Crippen LogP contribution in [0.25, 0.3) is 0 Å². The molecule has 1 aliphatic heterocycles. The summed E-state index contributed by atoms with van der Waals surface area (Å²) in [5, 5.41) is 10.6. The summed E-state index contributed by atoms with van der Waals surface area (Å²) in [7, 11) is 0. The van der Waals surface area contributed by atoms with Gasteiger partial charge in [0.2, 0.25) is 0 Å². The van der Waals surface area contributed by atoms with E-state index in [1.807, 2.05) is 12.1 Å². The van der Waals surface area contributed by atoms with E-state index < -0.39 is 0 Å². The number of piperidine rings is 1. The summed E-state index contributed by atoms with van der Waals surface area (Å²) < 4.78 is 0. The van der Waals surface area contributed by atoms with Crippen LogP contribution in [0.3, 0.4) is 0 Å². The average Bonchev–Trinajstić information content (AvgIpc) is 2.46. The molecule has 20 heavy (non-hydrogen) atoms. The van der Waals surface area contributed by atoms with Crippen molar-refractivity contribution in [3.8, 4) is 0 Å². The molecular weight excluding hydrogens is 254 g/mol. The van der Waals surface area contributed by atoms with Crippen LogP contribution in [0, 0.1) is 10.1 Å². The number of nitrogens with zero attached hydrogens (tertiary/aromatic N) is 2. The molecule has 1 aliphatic rings. The zero-order chi connectivity index (χ0) is 14.5. The Kier molecular flexibility index (Phi) is 5.09. The fourth-order valence-electron chi connectivity index (χ4n) is 3.04. The lowest BCUT2D eigenvalue weighted by atomic mass is 9.95. The normalized spacial score (nSPS) is 23.7. The van der Waals surface area contributed by atoms with Crippen LogP contribution in [0.5, 0.6) is 0 Å². The summed E-state index contributed by atoms with van der Waals surface area (Å²) in [5.74, 6) is 0. The topological polar surface area (TPSA) is 72.4 Å². The molecule has 0 amide bonds. The Morgan fingerprint density at radius 3 is 2.65 bits per heavy atom. The first kappa shape index (κ1) is 14.9. The first-order valence-corrected chi connectivity index (χ1v) is 7.31. The van der Waals surface area contributed by atoms with Gasteiger partial charge in [0.15, 0.2) is 0 Å². The lowest BCUT2D eigenvalue weighted by molar-refractivity contribution is -0.384. The van der Waals surface area contributed by atoms with Gasteiger partial charge in [-0.1, -0.05) is 18.6 Å². The van der Waals surface area contributed by atoms with E-state index in [4.69, 9.17) is 5.73 Å². The van der Waals surface area contributed by atoms with Gasteiger partial charge in [-0.2, -0.15) is 0 Å². The Morgan fingerprint density at radius 2 is 2.05 bits per heavy atom. The third-order valence-electron chi connectivity index (χ3n) is 4.27. The molecule has 1 aromatic carbocycles. The Morgan fingerprint density at radius 1 is 1.35 bits per heavy atom. The number of hydrogen-bond acceptors (Lipinski definition) is 4. The zero-order valence-electron chi connectivity index (χ0n) is 12.0. The van der Waals surface area contributed by atoms with Gasteiger partial charge >= 0.3 is 0 Å². The molecule has 0 aliphatic carbocycles. The molecule has 0 bridgehead atoms. The molecule has 110 valence electrons. The van der Waals surface area contributed by atoms with Crippen molar-refractivity contribution < 1.29 is 4.92 Å². The maximum absolute atomic E-state index is 10.6. The zero-order valence-corrected chi connectivity index (χ0v) is 12.0. The molecule has 1 fully saturated rings. The van der Waals surface area contributed by atoms with E-state index in [9.17, 15) is 10.1 Å². The van der Waals surface area contributed by atoms with Crippen LogP contribution in [0.1, 0.15) is 31.7 Å². The van der Waals surface area contributed by atoms with Gasteiger partial charge in [0, 0.05) is 37.3 Å². The molecular formula is C15H23N3O2. The molecule has 0 spiro atoms. The van der Waals surface area contributed by atoms with Gasteiger partial charge < -0.3 is 5.73 Å². The van der Waals surface area contributed by atoms with Crippen molar-refractivity contribution in [1.82, 2.24) is 4.90 Å². The number of nitro groups is 1. The van der Waals surface area contributed by atoms with Gasteiger partial charge in [0.25, 0.3) is 5.69 Å². The number of rotatable bonds is 5. The van der Waals surface area contributed by atoms with Gasteiger partial charge in [-0.25, -0.2) is 0 Å². The quantitative estimate of drug-likeness (QED) is 0.662. The van der Waals surface area contributed by atoms with Crippen molar-refractivity contribution in [1.29, 1.82) is 0 Å². The van der Waals surface area contributed by atoms with Crippen LogP contribution in [0.4, 0.5) is 5.69 Å². The van der Waals surface area contributed by atoms with E-state index in [2.05, 4.69) is 11.8 Å². The first-order valence-electron chi connectivity index (χ1n) is 7.31. The lowest BCUT2D eigenvalue weighted by Gasteiger charge is -2.40. The van der Waals surface area contributed by atoms with Gasteiger partial charge in [-0.15, -0.1) is 0 Å². The van der Waals surface area contributed by atoms with Crippen molar-refractivity contribution >= 4 is 5.69 Å². The van der Waals surface area contributed by atoms with Crippen LogP contribution < -0.4 is 5.73 Å². The molecule has 2 rings (SSSR count). The molecule has 2 unspecified atom stereocenters. The Bertz CT molecular complexity index is 447. The Labute approximate surface area is 119 Å². The number of hydrogen-bond donors (Lipinski definition) is 1. The van der Waals surface area contributed by atoms with Gasteiger partial charge in [0.1, 0.15) is 0 Å². The summed E-state index contributed by atoms with van der Waals surface area (Å²) in [4.78, 5) is 12.8. The highest BCUT2D eigenvalue weighted by atomic mass is 16.6. The number of nitrogens with two attached hydrogens (primary N) is 1. The summed E-state index contributed by atoms with van der Waals surface area (Å²) in [5.41, 5.74) is 7.16. The smallest absolute Gasteiger partial charge is 0.269 e. The van der Waals surface area contributed by atoms with E-state index in [0.717, 1.165) is 18.5 Å². The van der Waals surface area contributed by atoms with Crippen molar-refractivity contribution in [2.45, 2.75) is 44.7 Å². The number of likely N-dealkylation sites (tertiary alicyclic amines) is 1. The molecule has 1 saturated heterocycles. The fraction of sp³-hybridized carbons (Fsp3) is 0.600. The lowest BCUT2D eigenvalue weighted by Crippen LogP contribution is -2.49. The van der Waals surface area contributed by atoms with Gasteiger partial charge in [-0.05, 0) is 31.7 Å². The highest BCUT2D eigenvalue weighted by molar-refractivity contribution is 5.32. The summed E-state index contributed by atoms with van der Waals surface area (Å²) in [6, 6.07) is 7.92. The van der Waals surface area contributed by atoms with Crippen LogP contribution >= 0.6 is 0 Å². The van der Waals surface area contributed by atoms with E-state index in [-0.39, 0.29) is 10.6 Å². The second-order valence-electron chi connectivity index (χ2n) is 5.58. The number of non-ortho nitro benzene ring substituents is 1. The highest BCUT2D eigenvalue weighted by Crippen LogP contribution is 2.22. The minimum atomic E-state index is -0.360. The summed E-state index contributed by atoms with van der Waals surface area (Å²) in [6.07, 6.45) is 4.59. The largest absolute Gasteiger partial charge is 0.329 e. The predicted octanol–water partition coefficient (Wildman–Crippen LogP) is 2.34. The molecule has 0 saturated carbocycles. The molecule has 1 heterocycles. The van der Waals surface area contributed by atoms with E-state index >= 15 is 0 Å². The van der Waals surface area contributed by atoms with Crippen molar-refractivity contribution in [2.75, 3.05) is 13.1 Å². The summed E-state index contributed by atoms with van der Waals surface area (Å²) in [6.45, 7) is 3.95. The third kappa shape index (κ3) is 3.55. The second-order valence-corrected chi connectivity index (χ2v) is 5.58. The maximum atomic E-state index is 10.6. The molecule has 0 radical (unpaired) electrons. The maximum Gasteiger partial charge on any atom is 0.269 e. The SMILES string of the molecule is CC1CCCC(CN)N1CCc1ccc([N+](=O)[O-])cc1. The summed E-state index contributed by atoms with van der Waals surface area (Å²) >= 11 is 0. The molecule has 5 heteroatoms. The Balaban J connectivity index is 1.94. The minimum Gasteiger partial charge on any atom is -0.329 e. The minimum absolute atomic E-state index is 0.153. The predicted molar refractivity (Wildman–Crippen MR) is 79.7 cm³/mol.